The van der Waals surface area contributed by atoms with Gasteiger partial charge in [-0.25, -0.2) is 0 Å². The molecule has 7 heteroatoms. The maximum atomic E-state index is 8.33. The van der Waals surface area contributed by atoms with E-state index in [0.717, 1.165) is 0 Å². The average molecular weight is 146 g/mol. The largest absolute Gasteiger partial charge is 2.00 e. The van der Waals surface area contributed by atoms with E-state index in [1.165, 1.54) is 0 Å². The van der Waals surface area contributed by atoms with Crippen LogP contribution in [0, 0.1) is 0 Å². The van der Waals surface area contributed by atoms with Gasteiger partial charge < -0.3 is 26.0 Å². The molecule has 0 aliphatic rings. The first-order valence-corrected chi connectivity index (χ1v) is 0.612. The van der Waals surface area contributed by atoms with Crippen molar-refractivity contribution in [3.8, 4) is 0 Å². The Hall–Kier alpha value is 0.489. The van der Waals surface area contributed by atoms with Gasteiger partial charge in [0.2, 0.25) is 0 Å². The van der Waals surface area contributed by atoms with Gasteiger partial charge in [0.05, 0.1) is 0 Å². The van der Waals surface area contributed by atoms with Gasteiger partial charge in [-0.05, 0) is 6.16 Å². The summed E-state index contributed by atoms with van der Waals surface area (Å²) in [5.41, 5.74) is 0. The molecular weight excluding hydrogens is 143 g/mol. The van der Waals surface area contributed by atoms with E-state index < -0.39 is 6.16 Å². The summed E-state index contributed by atoms with van der Waals surface area (Å²) in [6, 6.07) is 0. The maximum absolute atomic E-state index is 8.33. The fourth-order valence-electron chi connectivity index (χ4n) is 0. The molecule has 0 heterocycles. The monoisotopic (exact) mass is 146 g/mol. The standard InChI is InChI=1S/CH2O3.Al.Mg.2H2O/c2-1(3)4;;;;/h(H2,2,3,4);;;2*1H2/q;;+2;;/p-3. The van der Waals surface area contributed by atoms with Crippen molar-refractivity contribution in [3.05, 3.63) is 0 Å². The molecule has 0 aromatic rings. The van der Waals surface area contributed by atoms with E-state index in [9.17, 15) is 0 Å². The minimum Gasteiger partial charge on any atom is -0.870 e. The molecular formula is CH3AlMgO5-. The van der Waals surface area contributed by atoms with E-state index >= 15 is 0 Å². The molecule has 5 nitrogen and oxygen atoms in total. The SMILES string of the molecule is O.O=C([O-])[O-].[Al].[Mg+2].[OH-]. The van der Waals surface area contributed by atoms with Crippen molar-refractivity contribution in [3.63, 3.8) is 0 Å². The Labute approximate surface area is 72.6 Å². The van der Waals surface area contributed by atoms with Crippen molar-refractivity contribution in [2.24, 2.45) is 0 Å². The second-order valence-corrected chi connectivity index (χ2v) is 0.250. The van der Waals surface area contributed by atoms with Gasteiger partial charge in [0, 0.05) is 17.4 Å². The summed E-state index contributed by atoms with van der Waals surface area (Å²) in [7, 11) is 0. The van der Waals surface area contributed by atoms with Gasteiger partial charge in [-0.2, -0.15) is 0 Å². The van der Waals surface area contributed by atoms with Crippen LogP contribution in [0.2, 0.25) is 0 Å². The summed E-state index contributed by atoms with van der Waals surface area (Å²) >= 11 is 0. The molecule has 0 atom stereocenters. The minimum atomic E-state index is -2.33. The molecule has 0 aliphatic carbocycles. The molecule has 43 valence electrons. The van der Waals surface area contributed by atoms with E-state index in [1.807, 2.05) is 0 Å². The van der Waals surface area contributed by atoms with Crippen LogP contribution >= 0.6 is 0 Å². The van der Waals surface area contributed by atoms with Crippen LogP contribution in [0.15, 0.2) is 0 Å². The number of hydrogen-bond donors (Lipinski definition) is 0. The van der Waals surface area contributed by atoms with Gasteiger partial charge in [-0.3, -0.25) is 0 Å². The van der Waals surface area contributed by atoms with Gasteiger partial charge >= 0.3 is 23.1 Å². The minimum absolute atomic E-state index is 0. The summed E-state index contributed by atoms with van der Waals surface area (Å²) in [6.45, 7) is 0. The molecule has 0 saturated carbocycles. The van der Waals surface area contributed by atoms with E-state index in [-0.39, 0.29) is 51.4 Å². The first-order chi connectivity index (χ1) is 1.73. The second-order valence-electron chi connectivity index (χ2n) is 0.250. The predicted molar refractivity (Wildman–Crippen MR) is 22.5 cm³/mol. The Morgan fingerprint density at radius 2 is 1.25 bits per heavy atom. The second kappa shape index (κ2) is 25.9. The fourth-order valence-corrected chi connectivity index (χ4v) is 0. The number of carbonyl (C=O) groups excluding carboxylic acids is 1. The van der Waals surface area contributed by atoms with Crippen molar-refractivity contribution in [2.75, 3.05) is 0 Å². The molecule has 3 N–H and O–H groups in total. The van der Waals surface area contributed by atoms with Crippen LogP contribution in [0.25, 0.3) is 0 Å². The summed E-state index contributed by atoms with van der Waals surface area (Å²) in [6.07, 6.45) is -2.33. The first-order valence-electron chi connectivity index (χ1n) is 0.612. The zero-order valence-corrected chi connectivity index (χ0v) is 6.53. The van der Waals surface area contributed by atoms with Crippen LogP contribution in [0.5, 0.6) is 0 Å². The fraction of sp³-hybridized carbons (Fsp3) is 0. The van der Waals surface area contributed by atoms with Crippen LogP contribution in [0.4, 0.5) is 4.79 Å². The molecule has 0 rings (SSSR count). The molecule has 0 spiro atoms. The van der Waals surface area contributed by atoms with Crippen molar-refractivity contribution in [1.82, 2.24) is 0 Å². The third-order valence-electron chi connectivity index (χ3n) is 0. The third kappa shape index (κ3) is 818. The molecule has 0 amide bonds. The average Bonchev–Trinajstić information content (AvgIpc) is 0.811. The molecule has 0 unspecified atom stereocenters. The Morgan fingerprint density at radius 1 is 1.25 bits per heavy atom. The van der Waals surface area contributed by atoms with Gasteiger partial charge in [0.1, 0.15) is 0 Å². The van der Waals surface area contributed by atoms with Gasteiger partial charge in [0.15, 0.2) is 0 Å². The van der Waals surface area contributed by atoms with Crippen molar-refractivity contribution in [1.29, 1.82) is 0 Å². The van der Waals surface area contributed by atoms with E-state index in [1.54, 1.807) is 0 Å². The van der Waals surface area contributed by atoms with Crippen molar-refractivity contribution >= 4 is 46.6 Å². The van der Waals surface area contributed by atoms with E-state index in [2.05, 4.69) is 0 Å². The van der Waals surface area contributed by atoms with Gasteiger partial charge in [0.25, 0.3) is 0 Å². The zero-order chi connectivity index (χ0) is 3.58. The predicted octanol–water partition coefficient (Wildman–Crippen LogP) is -4.21. The smallest absolute Gasteiger partial charge is 0.870 e. The maximum Gasteiger partial charge on any atom is 2.00 e. The molecule has 8 heavy (non-hydrogen) atoms. The topological polar surface area (TPSA) is 125 Å². The Bertz CT molecular complexity index is 35.4. The quantitative estimate of drug-likeness (QED) is 0.321. The first kappa shape index (κ1) is 39.1. The molecule has 0 aromatic carbocycles. The summed E-state index contributed by atoms with van der Waals surface area (Å²) in [5.74, 6) is 0. The van der Waals surface area contributed by atoms with Crippen LogP contribution in [0.1, 0.15) is 0 Å². The Morgan fingerprint density at radius 3 is 1.25 bits per heavy atom. The van der Waals surface area contributed by atoms with Crippen LogP contribution in [0.3, 0.4) is 0 Å². The van der Waals surface area contributed by atoms with Crippen LogP contribution < -0.4 is 10.2 Å². The Balaban J connectivity index is -0.00000000750. The van der Waals surface area contributed by atoms with Gasteiger partial charge in [-0.1, -0.05) is 0 Å². The number of rotatable bonds is 0. The van der Waals surface area contributed by atoms with Crippen molar-refractivity contribution < 1.29 is 26.0 Å². The van der Waals surface area contributed by atoms with E-state index in [0.29, 0.717) is 0 Å². The summed E-state index contributed by atoms with van der Waals surface area (Å²) < 4.78 is 0. The number of carboxylic acid groups (broad SMARTS) is 2. The van der Waals surface area contributed by atoms with Crippen LogP contribution in [-0.2, 0) is 0 Å². The number of hydrogen-bond acceptors (Lipinski definition) is 4. The van der Waals surface area contributed by atoms with E-state index in [4.69, 9.17) is 15.0 Å². The van der Waals surface area contributed by atoms with Crippen LogP contribution in [-0.4, -0.2) is 57.5 Å². The van der Waals surface area contributed by atoms with Crippen molar-refractivity contribution in [2.45, 2.75) is 0 Å². The molecule has 3 radical (unpaired) electrons. The van der Waals surface area contributed by atoms with Gasteiger partial charge in [-0.15, -0.1) is 0 Å². The molecule has 0 bridgehead atoms. The molecule has 0 aliphatic heterocycles. The molecule has 0 fully saturated rings. The zero-order valence-electron chi connectivity index (χ0n) is 3.96. The summed E-state index contributed by atoms with van der Waals surface area (Å²) in [4.78, 5) is 8.33. The normalized spacial score (nSPS) is 3.00. The number of carbonyl (C=O) groups is 1. The molecule has 0 saturated heterocycles. The third-order valence-corrected chi connectivity index (χ3v) is 0. The molecule has 0 aromatic heterocycles. The summed E-state index contributed by atoms with van der Waals surface area (Å²) in [5, 5.41) is 16.7. The Kier molecular flexibility index (Phi) is 127.